The molecule has 28 heavy (non-hydrogen) atoms. The molecule has 1 aromatic heterocycles. The van der Waals surface area contributed by atoms with E-state index >= 15 is 0 Å². The molecule has 2 aliphatic heterocycles. The van der Waals surface area contributed by atoms with Crippen molar-refractivity contribution in [2.75, 3.05) is 6.61 Å². The molecule has 0 bridgehead atoms. The largest absolute Gasteiger partial charge is 0.426 e. The molecule has 1 saturated heterocycles. The van der Waals surface area contributed by atoms with E-state index in [0.29, 0.717) is 29.7 Å². The number of H-pyrrole nitrogens is 1. The summed E-state index contributed by atoms with van der Waals surface area (Å²) in [6, 6.07) is 4.26. The molecular weight excluding hydrogens is 406 g/mol. The van der Waals surface area contributed by atoms with Crippen LogP contribution >= 0.6 is 20.8 Å². The van der Waals surface area contributed by atoms with Crippen LogP contribution in [0.1, 0.15) is 30.2 Å². The van der Waals surface area contributed by atoms with Crippen molar-refractivity contribution in [1.82, 2.24) is 9.55 Å². The van der Waals surface area contributed by atoms with Crippen molar-refractivity contribution in [1.29, 1.82) is 0 Å². The molecule has 4 rings (SSSR count). The molecule has 3 atom stereocenters. The Kier molecular flexibility index (Phi) is 5.58. The summed E-state index contributed by atoms with van der Waals surface area (Å²) in [4.78, 5) is 14.7. The molecule has 1 N–H and O–H groups in total. The molecule has 10 heteroatoms. The average Bonchev–Trinajstić information content (AvgIpc) is 3.15. The molecule has 2 aromatic rings. The van der Waals surface area contributed by atoms with Crippen molar-refractivity contribution < 1.29 is 22.7 Å². The smallest absolute Gasteiger partial charge is 0.397 e. The number of aromatic nitrogens is 2. The minimum atomic E-state index is -1.59. The number of ether oxygens (including phenoxy) is 1. The van der Waals surface area contributed by atoms with Gasteiger partial charge in [-0.15, -0.1) is 6.42 Å². The van der Waals surface area contributed by atoms with Crippen molar-refractivity contribution in [3.8, 4) is 18.1 Å². The van der Waals surface area contributed by atoms with Crippen molar-refractivity contribution in [3.05, 3.63) is 56.5 Å². The third-order valence-electron chi connectivity index (χ3n) is 4.41. The quantitative estimate of drug-likeness (QED) is 0.462. The Balaban J connectivity index is 1.35. The fraction of sp³-hybridized carbons (Fsp3) is 0.333. The minimum absolute atomic E-state index is 0.223. The van der Waals surface area contributed by atoms with Crippen molar-refractivity contribution in [2.45, 2.75) is 31.8 Å². The Bertz CT molecular complexity index is 1050. The first-order valence-corrected chi connectivity index (χ1v) is 10.0. The fourth-order valence-corrected chi connectivity index (χ4v) is 4.25. The van der Waals surface area contributed by atoms with Crippen LogP contribution in [0.15, 0.2) is 29.2 Å². The van der Waals surface area contributed by atoms with E-state index in [1.165, 1.54) is 22.9 Å². The van der Waals surface area contributed by atoms with E-state index in [2.05, 4.69) is 10.9 Å². The Morgan fingerprint density at radius 2 is 2.32 bits per heavy atom. The van der Waals surface area contributed by atoms with E-state index in [-0.39, 0.29) is 35.5 Å². The van der Waals surface area contributed by atoms with E-state index in [9.17, 15) is 9.18 Å². The third-order valence-corrected chi connectivity index (χ3v) is 5.77. The van der Waals surface area contributed by atoms with Gasteiger partial charge in [0.1, 0.15) is 22.4 Å². The fourth-order valence-electron chi connectivity index (χ4n) is 3.00. The molecule has 0 saturated carbocycles. The van der Waals surface area contributed by atoms with Crippen LogP contribution in [0.2, 0.25) is 0 Å². The highest BCUT2D eigenvalue weighted by Crippen LogP contribution is 2.47. The summed E-state index contributed by atoms with van der Waals surface area (Å²) in [6.07, 6.45) is 7.59. The van der Waals surface area contributed by atoms with Crippen LogP contribution in [0.3, 0.4) is 0 Å². The highest BCUT2D eigenvalue weighted by molar-refractivity contribution is 7.71. The molecule has 0 aliphatic carbocycles. The maximum Gasteiger partial charge on any atom is 0.397 e. The van der Waals surface area contributed by atoms with Gasteiger partial charge in [0.25, 0.3) is 0 Å². The van der Waals surface area contributed by atoms with Crippen molar-refractivity contribution in [3.63, 3.8) is 0 Å². The molecular formula is C18H16FN2O5PS. The van der Waals surface area contributed by atoms with Gasteiger partial charge in [-0.2, -0.15) is 0 Å². The summed E-state index contributed by atoms with van der Waals surface area (Å²) < 4.78 is 37.6. The molecule has 0 spiro atoms. The van der Waals surface area contributed by atoms with Gasteiger partial charge in [-0.05, 0) is 31.0 Å². The van der Waals surface area contributed by atoms with Gasteiger partial charge in [0.05, 0.1) is 24.9 Å². The highest BCUT2D eigenvalue weighted by Gasteiger charge is 2.30. The monoisotopic (exact) mass is 422 g/mol. The van der Waals surface area contributed by atoms with Crippen LogP contribution in [0.5, 0.6) is 5.75 Å². The number of aromatic amines is 1. The topological polar surface area (TPSA) is 74.7 Å². The van der Waals surface area contributed by atoms with Gasteiger partial charge in [-0.3, -0.25) is 18.6 Å². The molecule has 0 amide bonds. The lowest BCUT2D eigenvalue weighted by Crippen LogP contribution is -2.28. The molecule has 7 nitrogen and oxygen atoms in total. The lowest BCUT2D eigenvalue weighted by atomic mass is 10.2. The Hall–Kier alpha value is -2.08. The van der Waals surface area contributed by atoms with Gasteiger partial charge < -0.3 is 9.26 Å². The predicted octanol–water partition coefficient (Wildman–Crippen LogP) is 3.56. The standard InChI is InChI=1S/C18H16FN2O5PS/c1-2-11-8-21(18(22)20-17(11)28)16-6-4-14(25-16)10-24-27-23-9-12-7-13(19)3-5-15(12)26-27/h1,3,5,7-8,14,16H,4,6,9-10H2,(H,20,22,28). The van der Waals surface area contributed by atoms with Crippen LogP contribution in [0.4, 0.5) is 4.39 Å². The normalized spacial score (nSPS) is 23.6. The van der Waals surface area contributed by atoms with Crippen LogP contribution in [0, 0.1) is 22.8 Å². The van der Waals surface area contributed by atoms with Crippen LogP contribution in [-0.4, -0.2) is 22.3 Å². The van der Waals surface area contributed by atoms with Crippen molar-refractivity contribution >= 4 is 20.8 Å². The summed E-state index contributed by atoms with van der Waals surface area (Å²) in [5.74, 6) is 2.66. The lowest BCUT2D eigenvalue weighted by Gasteiger charge is -2.24. The average molecular weight is 422 g/mol. The summed E-state index contributed by atoms with van der Waals surface area (Å²) in [5, 5.41) is 0. The van der Waals surface area contributed by atoms with Crippen molar-refractivity contribution in [2.24, 2.45) is 0 Å². The number of fused-ring (bicyclic) bond motifs is 1. The zero-order chi connectivity index (χ0) is 19.7. The molecule has 146 valence electrons. The van der Waals surface area contributed by atoms with Crippen LogP contribution in [0.25, 0.3) is 0 Å². The Morgan fingerprint density at radius 1 is 1.46 bits per heavy atom. The number of hydrogen-bond donors (Lipinski definition) is 1. The molecule has 0 radical (unpaired) electrons. The van der Waals surface area contributed by atoms with Crippen LogP contribution in [-0.2, 0) is 20.4 Å². The number of nitrogens with one attached hydrogen (secondary N) is 1. The molecule has 1 aromatic carbocycles. The number of terminal acetylenes is 1. The maximum absolute atomic E-state index is 13.2. The summed E-state index contributed by atoms with van der Waals surface area (Å²) in [7, 11) is -1.59. The van der Waals surface area contributed by atoms with Crippen LogP contribution < -0.4 is 10.2 Å². The second-order valence-corrected chi connectivity index (χ2v) is 7.83. The first-order valence-electron chi connectivity index (χ1n) is 8.53. The zero-order valence-electron chi connectivity index (χ0n) is 14.6. The Labute approximate surface area is 166 Å². The zero-order valence-corrected chi connectivity index (χ0v) is 16.3. The van der Waals surface area contributed by atoms with E-state index in [0.717, 1.165) is 0 Å². The third kappa shape index (κ3) is 4.02. The minimum Gasteiger partial charge on any atom is -0.426 e. The highest BCUT2D eigenvalue weighted by atomic mass is 32.1. The number of halogens is 1. The molecule has 3 heterocycles. The molecule has 2 aliphatic rings. The Morgan fingerprint density at radius 3 is 3.14 bits per heavy atom. The number of nitrogens with zero attached hydrogens (tertiary/aromatic N) is 1. The van der Waals surface area contributed by atoms with Gasteiger partial charge in [0.15, 0.2) is 0 Å². The van der Waals surface area contributed by atoms with E-state index in [4.69, 9.17) is 36.9 Å². The first-order chi connectivity index (χ1) is 13.5. The van der Waals surface area contributed by atoms with E-state index in [1.54, 1.807) is 6.07 Å². The predicted molar refractivity (Wildman–Crippen MR) is 102 cm³/mol. The number of hydrogen-bond acceptors (Lipinski definition) is 6. The summed E-state index contributed by atoms with van der Waals surface area (Å²) in [6.45, 7) is 0.471. The lowest BCUT2D eigenvalue weighted by molar-refractivity contribution is -0.0229. The van der Waals surface area contributed by atoms with Gasteiger partial charge in [0, 0.05) is 11.8 Å². The molecule has 3 unspecified atom stereocenters. The number of benzene rings is 1. The SMILES string of the molecule is C#Cc1cn(C2CCC(COP3OCc4cc(F)ccc4O3)O2)c(=O)[nH]c1=S. The second kappa shape index (κ2) is 8.11. The van der Waals surface area contributed by atoms with Gasteiger partial charge >= 0.3 is 14.3 Å². The van der Waals surface area contributed by atoms with E-state index in [1.807, 2.05) is 0 Å². The van der Waals surface area contributed by atoms with Gasteiger partial charge in [-0.25, -0.2) is 9.18 Å². The second-order valence-electron chi connectivity index (χ2n) is 6.28. The summed E-state index contributed by atoms with van der Waals surface area (Å²) >= 11 is 5.03. The first kappa shape index (κ1) is 19.2. The maximum atomic E-state index is 13.2. The number of rotatable bonds is 4. The van der Waals surface area contributed by atoms with Gasteiger partial charge in [0.2, 0.25) is 0 Å². The van der Waals surface area contributed by atoms with E-state index < -0.39 is 14.8 Å². The summed E-state index contributed by atoms with van der Waals surface area (Å²) in [5.41, 5.74) is 0.702. The van der Waals surface area contributed by atoms with Gasteiger partial charge in [-0.1, -0.05) is 18.1 Å². The molecule has 1 fully saturated rings.